The van der Waals surface area contributed by atoms with Crippen LogP contribution in [0.3, 0.4) is 0 Å². The molecule has 1 rings (SSSR count). The normalized spacial score (nSPS) is 12.5. The van der Waals surface area contributed by atoms with Gasteiger partial charge in [-0.15, -0.1) is 0 Å². The minimum Gasteiger partial charge on any atom is -0.394 e. The summed E-state index contributed by atoms with van der Waals surface area (Å²) in [6.07, 6.45) is 3.48. The first-order chi connectivity index (χ1) is 7.24. The van der Waals surface area contributed by atoms with Gasteiger partial charge in [-0.05, 0) is 19.9 Å². The van der Waals surface area contributed by atoms with Crippen LogP contribution in [0.2, 0.25) is 0 Å². The molecule has 1 aromatic heterocycles. The molecule has 0 saturated carbocycles. The van der Waals surface area contributed by atoms with Crippen molar-refractivity contribution in [3.8, 4) is 0 Å². The first-order valence-corrected chi connectivity index (χ1v) is 5.29. The summed E-state index contributed by atoms with van der Waals surface area (Å²) in [6.45, 7) is 5.98. The van der Waals surface area contributed by atoms with Crippen LogP contribution in [-0.2, 0) is 0 Å². The lowest BCUT2D eigenvalue weighted by Crippen LogP contribution is -2.26. The van der Waals surface area contributed by atoms with Gasteiger partial charge < -0.3 is 15.7 Å². The number of rotatable bonds is 5. The maximum absolute atomic E-state index is 9.07. The largest absolute Gasteiger partial charge is 0.394 e. The van der Waals surface area contributed by atoms with Crippen LogP contribution in [0, 0.1) is 0 Å². The molecule has 3 N–H and O–H groups in total. The van der Waals surface area contributed by atoms with E-state index in [4.69, 9.17) is 10.8 Å². The van der Waals surface area contributed by atoms with E-state index in [0.717, 1.165) is 24.3 Å². The van der Waals surface area contributed by atoms with Crippen molar-refractivity contribution in [1.29, 1.82) is 0 Å². The van der Waals surface area contributed by atoms with Crippen molar-refractivity contribution in [3.05, 3.63) is 24.0 Å². The van der Waals surface area contributed by atoms with Crippen molar-refractivity contribution in [1.82, 2.24) is 4.98 Å². The van der Waals surface area contributed by atoms with Crippen molar-refractivity contribution in [2.45, 2.75) is 19.9 Å². The molecular formula is C11H19N3O. The fraction of sp³-hybridized carbons (Fsp3) is 0.545. The molecule has 1 unspecified atom stereocenters. The zero-order chi connectivity index (χ0) is 11.3. The molecule has 1 atom stereocenters. The van der Waals surface area contributed by atoms with Gasteiger partial charge in [-0.25, -0.2) is 0 Å². The highest BCUT2D eigenvalue weighted by Crippen LogP contribution is 2.23. The van der Waals surface area contributed by atoms with Gasteiger partial charge in [0.15, 0.2) is 0 Å². The van der Waals surface area contributed by atoms with Crippen LogP contribution in [0.5, 0.6) is 0 Å². The van der Waals surface area contributed by atoms with Crippen LogP contribution < -0.4 is 10.6 Å². The Kier molecular flexibility index (Phi) is 4.52. The van der Waals surface area contributed by atoms with Gasteiger partial charge in [-0.2, -0.15) is 0 Å². The Bertz CT molecular complexity index is 300. The first kappa shape index (κ1) is 11.9. The molecule has 15 heavy (non-hydrogen) atoms. The smallest absolute Gasteiger partial charge is 0.0625 e. The molecule has 0 aliphatic rings. The van der Waals surface area contributed by atoms with E-state index in [-0.39, 0.29) is 12.6 Å². The Morgan fingerprint density at radius 2 is 2.13 bits per heavy atom. The zero-order valence-electron chi connectivity index (χ0n) is 9.35. The Morgan fingerprint density at radius 1 is 1.47 bits per heavy atom. The lowest BCUT2D eigenvalue weighted by molar-refractivity contribution is 0.268. The highest BCUT2D eigenvalue weighted by atomic mass is 16.3. The molecule has 1 aromatic rings. The van der Waals surface area contributed by atoms with Gasteiger partial charge in [0.05, 0.1) is 12.6 Å². The molecule has 0 aromatic carbocycles. The molecule has 0 aliphatic carbocycles. The molecular weight excluding hydrogens is 190 g/mol. The van der Waals surface area contributed by atoms with E-state index in [0.29, 0.717) is 0 Å². The number of hydrogen-bond donors (Lipinski definition) is 2. The number of hydrogen-bond acceptors (Lipinski definition) is 4. The second kappa shape index (κ2) is 5.68. The number of aliphatic hydroxyl groups excluding tert-OH is 1. The average Bonchev–Trinajstić information content (AvgIpc) is 2.30. The number of aromatic nitrogens is 1. The molecule has 0 radical (unpaired) electrons. The Balaban J connectivity index is 3.04. The highest BCUT2D eigenvalue weighted by molar-refractivity contribution is 5.53. The summed E-state index contributed by atoms with van der Waals surface area (Å²) in [4.78, 5) is 6.25. The van der Waals surface area contributed by atoms with Crippen molar-refractivity contribution in [3.63, 3.8) is 0 Å². The van der Waals surface area contributed by atoms with Gasteiger partial charge in [-0.3, -0.25) is 4.98 Å². The minimum atomic E-state index is -0.353. The van der Waals surface area contributed by atoms with E-state index in [9.17, 15) is 0 Å². The van der Waals surface area contributed by atoms with E-state index in [2.05, 4.69) is 23.7 Å². The van der Waals surface area contributed by atoms with E-state index >= 15 is 0 Å². The van der Waals surface area contributed by atoms with Crippen molar-refractivity contribution >= 4 is 5.69 Å². The summed E-state index contributed by atoms with van der Waals surface area (Å²) in [6, 6.07) is 1.59. The average molecular weight is 209 g/mol. The Morgan fingerprint density at radius 3 is 2.67 bits per heavy atom. The van der Waals surface area contributed by atoms with Gasteiger partial charge in [0, 0.05) is 36.7 Å². The van der Waals surface area contributed by atoms with Crippen LogP contribution in [0.25, 0.3) is 0 Å². The van der Waals surface area contributed by atoms with Crippen molar-refractivity contribution in [2.24, 2.45) is 5.73 Å². The van der Waals surface area contributed by atoms with Crippen molar-refractivity contribution in [2.75, 3.05) is 24.6 Å². The molecule has 0 aliphatic heterocycles. The molecule has 4 heteroatoms. The molecule has 4 nitrogen and oxygen atoms in total. The third-order valence-electron chi connectivity index (χ3n) is 2.53. The van der Waals surface area contributed by atoms with Gasteiger partial charge in [0.1, 0.15) is 0 Å². The third kappa shape index (κ3) is 2.67. The van der Waals surface area contributed by atoms with Crippen LogP contribution in [-0.4, -0.2) is 29.8 Å². The SMILES string of the molecule is CCN(CC)c1ccncc1C(N)CO. The maximum Gasteiger partial charge on any atom is 0.0625 e. The number of nitrogens with zero attached hydrogens (tertiary/aromatic N) is 2. The highest BCUT2D eigenvalue weighted by Gasteiger charge is 2.13. The molecule has 84 valence electrons. The summed E-state index contributed by atoms with van der Waals surface area (Å²) in [5.74, 6) is 0. The summed E-state index contributed by atoms with van der Waals surface area (Å²) >= 11 is 0. The Labute approximate surface area is 90.7 Å². The lowest BCUT2D eigenvalue weighted by Gasteiger charge is -2.25. The summed E-state index contributed by atoms with van der Waals surface area (Å²) in [7, 11) is 0. The second-order valence-corrected chi connectivity index (χ2v) is 3.40. The van der Waals surface area contributed by atoms with Crippen LogP contribution in [0.15, 0.2) is 18.5 Å². The van der Waals surface area contributed by atoms with Crippen LogP contribution in [0.4, 0.5) is 5.69 Å². The molecule has 0 spiro atoms. The summed E-state index contributed by atoms with van der Waals surface area (Å²) in [5, 5.41) is 9.07. The fourth-order valence-electron chi connectivity index (χ4n) is 1.64. The van der Waals surface area contributed by atoms with Crippen LogP contribution >= 0.6 is 0 Å². The van der Waals surface area contributed by atoms with E-state index in [1.54, 1.807) is 12.4 Å². The molecule has 0 bridgehead atoms. The summed E-state index contributed by atoms with van der Waals surface area (Å²) in [5.41, 5.74) is 7.80. The predicted molar refractivity (Wildman–Crippen MR) is 61.8 cm³/mol. The topological polar surface area (TPSA) is 62.4 Å². The molecule has 0 amide bonds. The number of aliphatic hydroxyl groups is 1. The third-order valence-corrected chi connectivity index (χ3v) is 2.53. The molecule has 1 heterocycles. The molecule has 0 fully saturated rings. The van der Waals surface area contributed by atoms with Crippen LogP contribution in [0.1, 0.15) is 25.5 Å². The van der Waals surface area contributed by atoms with Gasteiger partial charge in [-0.1, -0.05) is 0 Å². The predicted octanol–water partition coefficient (Wildman–Crippen LogP) is 0.920. The summed E-state index contributed by atoms with van der Waals surface area (Å²) < 4.78 is 0. The maximum atomic E-state index is 9.07. The quantitative estimate of drug-likeness (QED) is 0.757. The number of anilines is 1. The van der Waals surface area contributed by atoms with E-state index in [1.165, 1.54) is 0 Å². The Hall–Kier alpha value is -1.13. The second-order valence-electron chi connectivity index (χ2n) is 3.40. The number of nitrogens with two attached hydrogens (primary N) is 1. The van der Waals surface area contributed by atoms with E-state index < -0.39 is 0 Å². The van der Waals surface area contributed by atoms with Gasteiger partial charge in [0.25, 0.3) is 0 Å². The zero-order valence-corrected chi connectivity index (χ0v) is 9.35. The van der Waals surface area contributed by atoms with Gasteiger partial charge >= 0.3 is 0 Å². The lowest BCUT2D eigenvalue weighted by atomic mass is 10.1. The monoisotopic (exact) mass is 209 g/mol. The number of pyridine rings is 1. The van der Waals surface area contributed by atoms with E-state index in [1.807, 2.05) is 6.07 Å². The fourth-order valence-corrected chi connectivity index (χ4v) is 1.64. The van der Waals surface area contributed by atoms with Gasteiger partial charge in [0.2, 0.25) is 0 Å². The molecule has 0 saturated heterocycles. The standard InChI is InChI=1S/C11H19N3O/c1-3-14(4-2)11-5-6-13-7-9(11)10(12)8-15/h5-7,10,15H,3-4,8,12H2,1-2H3. The minimum absolute atomic E-state index is 0.0556. The first-order valence-electron chi connectivity index (χ1n) is 5.29. The van der Waals surface area contributed by atoms with Crippen molar-refractivity contribution < 1.29 is 5.11 Å².